The Hall–Kier alpha value is -1.68. The van der Waals surface area contributed by atoms with E-state index in [-0.39, 0.29) is 0 Å². The topological polar surface area (TPSA) is 61.0 Å². The van der Waals surface area contributed by atoms with Crippen molar-refractivity contribution in [3.63, 3.8) is 0 Å². The highest BCUT2D eigenvalue weighted by Crippen LogP contribution is 2.22. The molecule has 4 heteroatoms. The van der Waals surface area contributed by atoms with Crippen LogP contribution >= 0.6 is 0 Å². The molecule has 0 radical (unpaired) electrons. The van der Waals surface area contributed by atoms with Gasteiger partial charge in [0, 0.05) is 17.5 Å². The van der Waals surface area contributed by atoms with Crippen LogP contribution in [-0.2, 0) is 6.54 Å². The average molecular weight is 189 g/mol. The average Bonchev–Trinajstić information content (AvgIpc) is 2.27. The van der Waals surface area contributed by atoms with Crippen molar-refractivity contribution in [2.45, 2.75) is 6.54 Å². The van der Waals surface area contributed by atoms with Crippen LogP contribution in [0.2, 0.25) is 0 Å². The van der Waals surface area contributed by atoms with E-state index in [9.17, 15) is 0 Å². The largest absolute Gasteiger partial charge is 0.480 e. The number of fused-ring (bicyclic) bond motifs is 1. The van der Waals surface area contributed by atoms with Crippen LogP contribution in [0.25, 0.3) is 10.9 Å². The number of nitrogens with zero attached hydrogens (tertiary/aromatic N) is 2. The highest BCUT2D eigenvalue weighted by molar-refractivity contribution is 5.82. The zero-order chi connectivity index (χ0) is 9.97. The minimum absolute atomic E-state index is 0.402. The fourth-order valence-electron chi connectivity index (χ4n) is 1.45. The Balaban J connectivity index is 2.77. The van der Waals surface area contributed by atoms with Gasteiger partial charge in [0.1, 0.15) is 0 Å². The molecule has 0 aliphatic heterocycles. The van der Waals surface area contributed by atoms with Gasteiger partial charge >= 0.3 is 0 Å². The Kier molecular flexibility index (Phi) is 2.28. The van der Waals surface area contributed by atoms with Gasteiger partial charge in [0.15, 0.2) is 0 Å². The maximum Gasteiger partial charge on any atom is 0.238 e. The number of ether oxygens (including phenoxy) is 1. The first kappa shape index (κ1) is 8.90. The van der Waals surface area contributed by atoms with Crippen molar-refractivity contribution in [2.75, 3.05) is 7.11 Å². The summed E-state index contributed by atoms with van der Waals surface area (Å²) in [6.07, 6.45) is 0. The normalized spacial score (nSPS) is 10.4. The van der Waals surface area contributed by atoms with Crippen LogP contribution in [0.1, 0.15) is 5.56 Å². The molecule has 14 heavy (non-hydrogen) atoms. The van der Waals surface area contributed by atoms with Crippen LogP contribution in [-0.4, -0.2) is 17.3 Å². The summed E-state index contributed by atoms with van der Waals surface area (Å²) >= 11 is 0. The summed E-state index contributed by atoms with van der Waals surface area (Å²) in [7, 11) is 1.57. The van der Waals surface area contributed by atoms with Crippen molar-refractivity contribution in [1.29, 1.82) is 0 Å². The molecule has 0 spiro atoms. The van der Waals surface area contributed by atoms with Gasteiger partial charge in [-0.25, -0.2) is 0 Å². The molecule has 1 aromatic carbocycles. The lowest BCUT2D eigenvalue weighted by molar-refractivity contribution is 0.388. The zero-order valence-electron chi connectivity index (χ0n) is 7.90. The van der Waals surface area contributed by atoms with Crippen molar-refractivity contribution < 1.29 is 4.74 Å². The molecule has 0 saturated carbocycles. The molecule has 2 rings (SSSR count). The Morgan fingerprint density at radius 1 is 1.29 bits per heavy atom. The molecule has 72 valence electrons. The predicted octanol–water partition coefficient (Wildman–Crippen LogP) is 1.10. The molecular weight excluding hydrogens is 178 g/mol. The fraction of sp³-hybridized carbons (Fsp3) is 0.200. The predicted molar refractivity (Wildman–Crippen MR) is 54.0 cm³/mol. The summed E-state index contributed by atoms with van der Waals surface area (Å²) in [5.74, 6) is 0.506. The Labute approximate surface area is 81.7 Å². The van der Waals surface area contributed by atoms with E-state index in [1.54, 1.807) is 7.11 Å². The second-order valence-corrected chi connectivity index (χ2v) is 2.91. The standard InChI is InChI=1S/C10H11N3O/c1-14-10-8(6-11)7-4-2-3-5-9(7)12-13-10/h2-5H,6,11H2,1H3. The van der Waals surface area contributed by atoms with Crippen LogP contribution in [0.5, 0.6) is 5.88 Å². The number of hydrogen-bond acceptors (Lipinski definition) is 4. The van der Waals surface area contributed by atoms with E-state index in [0.29, 0.717) is 12.4 Å². The van der Waals surface area contributed by atoms with E-state index in [2.05, 4.69) is 10.2 Å². The van der Waals surface area contributed by atoms with Crippen LogP contribution in [0.15, 0.2) is 24.3 Å². The number of hydrogen-bond donors (Lipinski definition) is 1. The first-order valence-corrected chi connectivity index (χ1v) is 4.35. The molecule has 0 bridgehead atoms. The second kappa shape index (κ2) is 3.59. The number of rotatable bonds is 2. The molecule has 0 aliphatic rings. The van der Waals surface area contributed by atoms with Crippen molar-refractivity contribution in [3.05, 3.63) is 29.8 Å². The van der Waals surface area contributed by atoms with Gasteiger partial charge in [0.2, 0.25) is 5.88 Å². The quantitative estimate of drug-likeness (QED) is 0.768. The van der Waals surface area contributed by atoms with Crippen LogP contribution in [0.4, 0.5) is 0 Å². The lowest BCUT2D eigenvalue weighted by Gasteiger charge is -2.07. The third-order valence-corrected chi connectivity index (χ3v) is 2.13. The Bertz CT molecular complexity index is 456. The van der Waals surface area contributed by atoms with Gasteiger partial charge in [0.25, 0.3) is 0 Å². The number of benzene rings is 1. The minimum atomic E-state index is 0.402. The van der Waals surface area contributed by atoms with Gasteiger partial charge in [-0.05, 0) is 6.07 Å². The SMILES string of the molecule is COc1nnc2ccccc2c1CN. The van der Waals surface area contributed by atoms with E-state index in [1.165, 1.54) is 0 Å². The molecule has 1 aromatic heterocycles. The third-order valence-electron chi connectivity index (χ3n) is 2.13. The van der Waals surface area contributed by atoms with Gasteiger partial charge in [0.05, 0.1) is 12.6 Å². The van der Waals surface area contributed by atoms with E-state index < -0.39 is 0 Å². The summed E-state index contributed by atoms with van der Waals surface area (Å²) in [5.41, 5.74) is 7.39. The zero-order valence-corrected chi connectivity index (χ0v) is 7.90. The van der Waals surface area contributed by atoms with Crippen molar-refractivity contribution in [1.82, 2.24) is 10.2 Å². The minimum Gasteiger partial charge on any atom is -0.480 e. The highest BCUT2D eigenvalue weighted by Gasteiger charge is 2.08. The molecule has 0 aliphatic carbocycles. The molecule has 1 heterocycles. The van der Waals surface area contributed by atoms with Crippen molar-refractivity contribution in [3.8, 4) is 5.88 Å². The summed E-state index contributed by atoms with van der Waals surface area (Å²) in [6.45, 7) is 0.402. The van der Waals surface area contributed by atoms with E-state index in [1.807, 2.05) is 24.3 Å². The monoisotopic (exact) mass is 189 g/mol. The summed E-state index contributed by atoms with van der Waals surface area (Å²) in [6, 6.07) is 7.74. The molecule has 0 atom stereocenters. The van der Waals surface area contributed by atoms with Crippen LogP contribution < -0.4 is 10.5 Å². The third kappa shape index (κ3) is 1.29. The fourth-order valence-corrected chi connectivity index (χ4v) is 1.45. The summed E-state index contributed by atoms with van der Waals surface area (Å²) in [4.78, 5) is 0. The van der Waals surface area contributed by atoms with Crippen LogP contribution in [0.3, 0.4) is 0 Å². The number of nitrogens with two attached hydrogens (primary N) is 1. The molecule has 0 unspecified atom stereocenters. The Morgan fingerprint density at radius 2 is 2.07 bits per heavy atom. The van der Waals surface area contributed by atoms with Gasteiger partial charge in [-0.2, -0.15) is 0 Å². The van der Waals surface area contributed by atoms with E-state index in [4.69, 9.17) is 10.5 Å². The van der Waals surface area contributed by atoms with E-state index >= 15 is 0 Å². The number of aromatic nitrogens is 2. The summed E-state index contributed by atoms with van der Waals surface area (Å²) < 4.78 is 5.09. The highest BCUT2D eigenvalue weighted by atomic mass is 16.5. The maximum atomic E-state index is 5.64. The Morgan fingerprint density at radius 3 is 2.79 bits per heavy atom. The molecule has 0 amide bonds. The van der Waals surface area contributed by atoms with Gasteiger partial charge < -0.3 is 10.5 Å². The molecule has 0 fully saturated rings. The van der Waals surface area contributed by atoms with Crippen molar-refractivity contribution >= 4 is 10.9 Å². The molecule has 2 N–H and O–H groups in total. The molecule has 2 aromatic rings. The second-order valence-electron chi connectivity index (χ2n) is 2.91. The van der Waals surface area contributed by atoms with Gasteiger partial charge in [-0.3, -0.25) is 0 Å². The smallest absolute Gasteiger partial charge is 0.238 e. The van der Waals surface area contributed by atoms with Crippen molar-refractivity contribution in [2.24, 2.45) is 5.73 Å². The van der Waals surface area contributed by atoms with Gasteiger partial charge in [-0.15, -0.1) is 10.2 Å². The lowest BCUT2D eigenvalue weighted by Crippen LogP contribution is -2.04. The molecular formula is C10H11N3O. The maximum absolute atomic E-state index is 5.64. The lowest BCUT2D eigenvalue weighted by atomic mass is 10.1. The van der Waals surface area contributed by atoms with Gasteiger partial charge in [-0.1, -0.05) is 18.2 Å². The van der Waals surface area contributed by atoms with E-state index in [0.717, 1.165) is 16.5 Å². The summed E-state index contributed by atoms with van der Waals surface area (Å²) in [5, 5.41) is 8.98. The first-order valence-electron chi connectivity index (χ1n) is 4.35. The molecule has 0 saturated heterocycles. The molecule has 4 nitrogen and oxygen atoms in total. The van der Waals surface area contributed by atoms with Crippen LogP contribution in [0, 0.1) is 0 Å². The number of methoxy groups -OCH3 is 1. The first-order chi connectivity index (χ1) is 6.86.